The second-order valence-corrected chi connectivity index (χ2v) is 4.96. The number of carbonyl (C=O) groups excluding carboxylic acids is 1. The normalized spacial score (nSPS) is 13.6. The van der Waals surface area contributed by atoms with Crippen molar-refractivity contribution in [1.29, 1.82) is 0 Å². The van der Waals surface area contributed by atoms with Crippen LogP contribution in [0.25, 0.3) is 0 Å². The molecule has 1 atom stereocenters. The molecule has 0 radical (unpaired) electrons. The molecule has 0 aliphatic rings. The summed E-state index contributed by atoms with van der Waals surface area (Å²) in [4.78, 5) is 11.2. The lowest BCUT2D eigenvalue weighted by Gasteiger charge is -2.25. The largest absolute Gasteiger partial charge is 0.469 e. The van der Waals surface area contributed by atoms with Gasteiger partial charge in [0.2, 0.25) is 0 Å². The molecule has 1 unspecified atom stereocenters. The average Bonchev–Trinajstić information content (AvgIpc) is 2.24. The van der Waals surface area contributed by atoms with Crippen molar-refractivity contribution in [1.82, 2.24) is 5.32 Å². The van der Waals surface area contributed by atoms with Crippen LogP contribution in [0.3, 0.4) is 0 Å². The van der Waals surface area contributed by atoms with Crippen LogP contribution in [0.4, 0.5) is 0 Å². The summed E-state index contributed by atoms with van der Waals surface area (Å²) >= 11 is 0. The lowest BCUT2D eigenvalue weighted by Crippen LogP contribution is -2.35. The van der Waals surface area contributed by atoms with Crippen molar-refractivity contribution >= 4 is 5.97 Å². The highest BCUT2D eigenvalue weighted by molar-refractivity contribution is 5.71. The van der Waals surface area contributed by atoms with Gasteiger partial charge in [0, 0.05) is 26.8 Å². The molecule has 0 fully saturated rings. The van der Waals surface area contributed by atoms with E-state index in [4.69, 9.17) is 4.74 Å². The fourth-order valence-corrected chi connectivity index (χ4v) is 1.38. The molecule has 1 N–H and O–H groups in total. The van der Waals surface area contributed by atoms with Gasteiger partial charge in [0.15, 0.2) is 0 Å². The van der Waals surface area contributed by atoms with Crippen LogP contribution in [-0.4, -0.2) is 39.9 Å². The van der Waals surface area contributed by atoms with E-state index in [1.165, 1.54) is 7.11 Å². The maximum atomic E-state index is 11.2. The molecule has 0 saturated heterocycles. The summed E-state index contributed by atoms with van der Waals surface area (Å²) in [6.07, 6.45) is 1.00. The number of rotatable bonds is 8. The van der Waals surface area contributed by atoms with Gasteiger partial charge in [0.1, 0.15) is 0 Å². The van der Waals surface area contributed by atoms with Gasteiger partial charge in [-0.1, -0.05) is 20.8 Å². The van der Waals surface area contributed by atoms with Gasteiger partial charge in [-0.15, -0.1) is 0 Å². The van der Waals surface area contributed by atoms with E-state index in [1.807, 2.05) is 6.92 Å². The summed E-state index contributed by atoms with van der Waals surface area (Å²) in [5, 5.41) is 3.29. The maximum absolute atomic E-state index is 11.2. The van der Waals surface area contributed by atoms with Crippen molar-refractivity contribution in [2.24, 2.45) is 11.3 Å². The van der Waals surface area contributed by atoms with Crippen molar-refractivity contribution in [3.8, 4) is 0 Å². The lowest BCUT2D eigenvalue weighted by molar-refractivity contribution is -0.144. The van der Waals surface area contributed by atoms with Crippen LogP contribution in [0, 0.1) is 11.3 Å². The smallest absolute Gasteiger partial charge is 0.309 e. The molecule has 0 aliphatic heterocycles. The van der Waals surface area contributed by atoms with Gasteiger partial charge in [0.25, 0.3) is 0 Å². The monoisotopic (exact) mass is 231 g/mol. The van der Waals surface area contributed by atoms with Gasteiger partial charge in [-0.25, -0.2) is 0 Å². The first kappa shape index (κ1) is 15.4. The van der Waals surface area contributed by atoms with E-state index >= 15 is 0 Å². The fourth-order valence-electron chi connectivity index (χ4n) is 1.38. The second-order valence-electron chi connectivity index (χ2n) is 4.96. The summed E-state index contributed by atoms with van der Waals surface area (Å²) in [5.74, 6) is -0.259. The Morgan fingerprint density at radius 2 is 2.00 bits per heavy atom. The molecule has 4 nitrogen and oxygen atoms in total. The molecule has 0 bridgehead atoms. The Hall–Kier alpha value is -0.610. The number of methoxy groups -OCH3 is 2. The van der Waals surface area contributed by atoms with Crippen LogP contribution in [0.2, 0.25) is 0 Å². The Labute approximate surface area is 98.7 Å². The molecule has 0 aliphatic carbocycles. The van der Waals surface area contributed by atoms with Crippen LogP contribution in [0.15, 0.2) is 0 Å². The number of carbonyl (C=O) groups is 1. The van der Waals surface area contributed by atoms with Crippen LogP contribution in [0.1, 0.15) is 27.2 Å². The van der Waals surface area contributed by atoms with Crippen molar-refractivity contribution in [3.05, 3.63) is 0 Å². The zero-order valence-corrected chi connectivity index (χ0v) is 11.1. The highest BCUT2D eigenvalue weighted by Gasteiger charge is 2.18. The van der Waals surface area contributed by atoms with Gasteiger partial charge in [-0.2, -0.15) is 0 Å². The Morgan fingerprint density at radius 1 is 1.38 bits per heavy atom. The topological polar surface area (TPSA) is 47.6 Å². The molecular formula is C12H25NO3. The third-order valence-electron chi connectivity index (χ3n) is 2.64. The molecular weight excluding hydrogens is 206 g/mol. The van der Waals surface area contributed by atoms with Gasteiger partial charge in [-0.05, 0) is 11.8 Å². The summed E-state index contributed by atoms with van der Waals surface area (Å²) in [5.41, 5.74) is 0.186. The third-order valence-corrected chi connectivity index (χ3v) is 2.64. The molecule has 96 valence electrons. The van der Waals surface area contributed by atoms with Crippen LogP contribution in [-0.2, 0) is 14.3 Å². The zero-order valence-electron chi connectivity index (χ0n) is 11.1. The molecule has 4 heteroatoms. The minimum Gasteiger partial charge on any atom is -0.469 e. The van der Waals surface area contributed by atoms with Gasteiger partial charge >= 0.3 is 5.97 Å². The molecule has 0 saturated carbocycles. The van der Waals surface area contributed by atoms with Crippen molar-refractivity contribution in [2.75, 3.05) is 33.9 Å². The standard InChI is InChI=1S/C12H25NO3/c1-10(11(14)16-5)8-13-9-12(2,3)6-7-15-4/h10,13H,6-9H2,1-5H3. The molecule has 16 heavy (non-hydrogen) atoms. The highest BCUT2D eigenvalue weighted by atomic mass is 16.5. The van der Waals surface area contributed by atoms with Crippen LogP contribution in [0.5, 0.6) is 0 Å². The van der Waals surface area contributed by atoms with E-state index < -0.39 is 0 Å². The van der Waals surface area contributed by atoms with E-state index in [1.54, 1.807) is 7.11 Å². The maximum Gasteiger partial charge on any atom is 0.309 e. The van der Waals surface area contributed by atoms with E-state index in [0.29, 0.717) is 6.54 Å². The molecule has 0 aromatic heterocycles. The fraction of sp³-hybridized carbons (Fsp3) is 0.917. The molecule has 0 aromatic rings. The zero-order chi connectivity index (χ0) is 12.6. The van der Waals surface area contributed by atoms with E-state index in [-0.39, 0.29) is 17.3 Å². The van der Waals surface area contributed by atoms with Crippen molar-refractivity contribution < 1.29 is 14.3 Å². The molecule has 0 amide bonds. The number of esters is 1. The Bertz CT molecular complexity index is 204. The molecule has 0 aromatic carbocycles. The van der Waals surface area contributed by atoms with E-state index in [0.717, 1.165) is 19.6 Å². The van der Waals surface area contributed by atoms with Gasteiger partial charge in [0.05, 0.1) is 13.0 Å². The van der Waals surface area contributed by atoms with E-state index in [9.17, 15) is 4.79 Å². The summed E-state index contributed by atoms with van der Waals surface area (Å²) in [6, 6.07) is 0. The molecule has 0 heterocycles. The van der Waals surface area contributed by atoms with Crippen molar-refractivity contribution in [2.45, 2.75) is 27.2 Å². The first-order valence-corrected chi connectivity index (χ1v) is 5.70. The number of hydrogen-bond donors (Lipinski definition) is 1. The SMILES string of the molecule is COCCC(C)(C)CNCC(C)C(=O)OC. The first-order valence-electron chi connectivity index (χ1n) is 5.70. The minimum atomic E-state index is -0.165. The quantitative estimate of drug-likeness (QED) is 0.642. The minimum absolute atomic E-state index is 0.0942. The third kappa shape index (κ3) is 6.80. The number of hydrogen-bond acceptors (Lipinski definition) is 4. The second kappa shape index (κ2) is 7.63. The highest BCUT2D eigenvalue weighted by Crippen LogP contribution is 2.18. The summed E-state index contributed by atoms with van der Waals surface area (Å²) < 4.78 is 9.72. The van der Waals surface area contributed by atoms with Gasteiger partial charge in [-0.3, -0.25) is 4.79 Å². The van der Waals surface area contributed by atoms with Crippen molar-refractivity contribution in [3.63, 3.8) is 0 Å². The predicted molar refractivity (Wildman–Crippen MR) is 64.3 cm³/mol. The number of ether oxygens (including phenoxy) is 2. The van der Waals surface area contributed by atoms with E-state index in [2.05, 4.69) is 23.9 Å². The Kier molecular flexibility index (Phi) is 7.34. The predicted octanol–water partition coefficient (Wildman–Crippen LogP) is 1.45. The lowest BCUT2D eigenvalue weighted by atomic mass is 9.89. The molecule has 0 spiro atoms. The van der Waals surface area contributed by atoms with Crippen LogP contribution >= 0.6 is 0 Å². The Morgan fingerprint density at radius 3 is 2.50 bits per heavy atom. The molecule has 0 rings (SSSR count). The van der Waals surface area contributed by atoms with Crippen LogP contribution < -0.4 is 5.32 Å². The Balaban J connectivity index is 3.75. The van der Waals surface area contributed by atoms with Gasteiger partial charge < -0.3 is 14.8 Å². The summed E-state index contributed by atoms with van der Waals surface area (Å²) in [7, 11) is 3.13. The first-order chi connectivity index (χ1) is 7.43. The number of nitrogens with one attached hydrogen (secondary N) is 1. The average molecular weight is 231 g/mol. The summed E-state index contributed by atoms with van der Waals surface area (Å²) in [6.45, 7) is 8.52.